The van der Waals surface area contributed by atoms with Crippen LogP contribution in [-0.4, -0.2) is 45.8 Å². The molecule has 0 aliphatic rings. The van der Waals surface area contributed by atoms with Gasteiger partial charge in [-0.2, -0.15) is 0 Å². The number of aryl methyl sites for hydroxylation is 2. The van der Waals surface area contributed by atoms with Crippen molar-refractivity contribution in [3.63, 3.8) is 0 Å². The zero-order chi connectivity index (χ0) is 25.9. The fraction of sp³-hybridized carbons (Fsp3) is 0.185. The summed E-state index contributed by atoms with van der Waals surface area (Å²) in [6.45, 7) is 4.11. The maximum absolute atomic E-state index is 13.5. The van der Waals surface area contributed by atoms with Crippen LogP contribution >= 0.6 is 0 Å². The van der Waals surface area contributed by atoms with Crippen molar-refractivity contribution in [3.05, 3.63) is 100.0 Å². The number of tetrazole rings is 1. The number of pyridine rings is 1. The molecule has 2 aromatic carbocycles. The maximum Gasteiger partial charge on any atom is 0.337 e. The molecule has 0 radical (unpaired) electrons. The summed E-state index contributed by atoms with van der Waals surface area (Å²) in [6, 6.07) is 16.6. The number of imidazole rings is 1. The average Bonchev–Trinajstić information content (AvgIpc) is 3.54. The van der Waals surface area contributed by atoms with Crippen LogP contribution in [-0.2, 0) is 13.0 Å². The first-order valence-electron chi connectivity index (χ1n) is 11.9. The number of aromatic carboxylic acids is 1. The van der Waals surface area contributed by atoms with E-state index in [2.05, 4.69) is 25.6 Å². The highest BCUT2D eigenvalue weighted by molar-refractivity contribution is 5.92. The summed E-state index contributed by atoms with van der Waals surface area (Å²) in [7, 11) is 0. The Morgan fingerprint density at radius 3 is 2.54 bits per heavy atom. The van der Waals surface area contributed by atoms with Gasteiger partial charge in [0.15, 0.2) is 5.82 Å². The monoisotopic (exact) mass is 495 g/mol. The SMILES string of the molecule is CCCc1cn(-c2c(C)cccc2C(=O)O)c(=O)n1Cc1ccc(-c2ccccc2-c2nnn[nH]2)cn1. The van der Waals surface area contributed by atoms with Gasteiger partial charge in [-0.3, -0.25) is 14.1 Å². The summed E-state index contributed by atoms with van der Waals surface area (Å²) >= 11 is 0. The van der Waals surface area contributed by atoms with Gasteiger partial charge in [0.2, 0.25) is 0 Å². The minimum atomic E-state index is -1.07. The lowest BCUT2D eigenvalue weighted by atomic mass is 10.0. The molecule has 186 valence electrons. The molecule has 0 bridgehead atoms. The molecule has 0 atom stereocenters. The molecule has 0 fully saturated rings. The lowest BCUT2D eigenvalue weighted by Gasteiger charge is -2.10. The van der Waals surface area contributed by atoms with Crippen molar-refractivity contribution in [2.24, 2.45) is 0 Å². The largest absolute Gasteiger partial charge is 0.478 e. The van der Waals surface area contributed by atoms with Crippen LogP contribution in [0, 0.1) is 6.92 Å². The molecule has 0 saturated carbocycles. The quantitative estimate of drug-likeness (QED) is 0.334. The highest BCUT2D eigenvalue weighted by atomic mass is 16.4. The van der Waals surface area contributed by atoms with E-state index >= 15 is 0 Å². The molecule has 3 heterocycles. The zero-order valence-corrected chi connectivity index (χ0v) is 20.4. The summed E-state index contributed by atoms with van der Waals surface area (Å²) < 4.78 is 3.11. The first-order chi connectivity index (χ1) is 18.0. The first kappa shape index (κ1) is 23.9. The number of aromatic amines is 1. The molecule has 10 nitrogen and oxygen atoms in total. The maximum atomic E-state index is 13.5. The van der Waals surface area contributed by atoms with Gasteiger partial charge in [-0.1, -0.05) is 55.8 Å². The van der Waals surface area contributed by atoms with Gasteiger partial charge in [-0.25, -0.2) is 14.7 Å². The Kier molecular flexibility index (Phi) is 6.46. The van der Waals surface area contributed by atoms with E-state index in [1.54, 1.807) is 36.0 Å². The van der Waals surface area contributed by atoms with Gasteiger partial charge in [-0.15, -0.1) is 5.10 Å². The fourth-order valence-corrected chi connectivity index (χ4v) is 4.52. The number of nitrogens with one attached hydrogen (secondary N) is 1. The van der Waals surface area contributed by atoms with Crippen molar-refractivity contribution in [2.75, 3.05) is 0 Å². The number of aromatic nitrogens is 7. The second kappa shape index (κ2) is 10.0. The van der Waals surface area contributed by atoms with E-state index in [1.165, 1.54) is 10.6 Å². The zero-order valence-electron chi connectivity index (χ0n) is 20.4. The molecule has 0 amide bonds. The summed E-state index contributed by atoms with van der Waals surface area (Å²) in [6.07, 6.45) is 5.02. The minimum Gasteiger partial charge on any atom is -0.478 e. The number of carbonyl (C=O) groups is 1. The summed E-state index contributed by atoms with van der Waals surface area (Å²) in [5.74, 6) is -0.511. The Morgan fingerprint density at radius 2 is 1.86 bits per heavy atom. The minimum absolute atomic E-state index is 0.0883. The number of hydrogen-bond donors (Lipinski definition) is 2. The van der Waals surface area contributed by atoms with Crippen molar-refractivity contribution in [2.45, 2.75) is 33.2 Å². The van der Waals surface area contributed by atoms with Crippen molar-refractivity contribution in [1.29, 1.82) is 0 Å². The summed E-state index contributed by atoms with van der Waals surface area (Å²) in [5.41, 5.74) is 5.09. The van der Waals surface area contributed by atoms with Crippen LogP contribution < -0.4 is 5.69 Å². The third-order valence-electron chi connectivity index (χ3n) is 6.26. The number of H-pyrrole nitrogens is 1. The van der Waals surface area contributed by atoms with E-state index in [-0.39, 0.29) is 17.8 Å². The van der Waals surface area contributed by atoms with Crippen LogP contribution in [0.25, 0.3) is 28.2 Å². The van der Waals surface area contributed by atoms with Crippen molar-refractivity contribution in [1.82, 2.24) is 34.7 Å². The molecule has 5 aromatic rings. The van der Waals surface area contributed by atoms with Gasteiger partial charge in [0.25, 0.3) is 0 Å². The molecule has 0 aliphatic carbocycles. The van der Waals surface area contributed by atoms with E-state index in [9.17, 15) is 14.7 Å². The molecule has 0 spiro atoms. The topological polar surface area (TPSA) is 132 Å². The third-order valence-corrected chi connectivity index (χ3v) is 6.26. The Hall–Kier alpha value is -4.86. The molecular formula is C27H25N7O3. The molecule has 5 rings (SSSR count). The normalized spacial score (nSPS) is 11.1. The second-order valence-electron chi connectivity index (χ2n) is 8.72. The van der Waals surface area contributed by atoms with Crippen molar-refractivity contribution < 1.29 is 9.90 Å². The Balaban J connectivity index is 1.51. The van der Waals surface area contributed by atoms with Crippen LogP contribution in [0.1, 0.15) is 40.7 Å². The number of para-hydroxylation sites is 1. The van der Waals surface area contributed by atoms with Gasteiger partial charge in [0.05, 0.1) is 23.5 Å². The van der Waals surface area contributed by atoms with E-state index in [4.69, 9.17) is 0 Å². The first-order valence-corrected chi connectivity index (χ1v) is 11.9. The molecule has 2 N–H and O–H groups in total. The summed E-state index contributed by atoms with van der Waals surface area (Å²) in [4.78, 5) is 30.0. The molecule has 0 saturated heterocycles. The van der Waals surface area contributed by atoms with E-state index < -0.39 is 5.97 Å². The number of carboxylic acid groups (broad SMARTS) is 1. The predicted octanol–water partition coefficient (Wildman–Crippen LogP) is 3.89. The Bertz CT molecular complexity index is 1620. The predicted molar refractivity (Wildman–Crippen MR) is 138 cm³/mol. The Morgan fingerprint density at radius 1 is 1.05 bits per heavy atom. The van der Waals surface area contributed by atoms with Gasteiger partial charge in [0.1, 0.15) is 0 Å². The van der Waals surface area contributed by atoms with Crippen LogP contribution in [0.3, 0.4) is 0 Å². The summed E-state index contributed by atoms with van der Waals surface area (Å²) in [5, 5.41) is 23.9. The average molecular weight is 496 g/mol. The van der Waals surface area contributed by atoms with Gasteiger partial charge in [0, 0.05) is 29.2 Å². The van der Waals surface area contributed by atoms with Gasteiger partial charge >= 0.3 is 11.7 Å². The van der Waals surface area contributed by atoms with E-state index in [0.717, 1.165) is 28.8 Å². The molecule has 0 aliphatic heterocycles. The smallest absolute Gasteiger partial charge is 0.337 e. The molecule has 10 heteroatoms. The highest BCUT2D eigenvalue weighted by Crippen LogP contribution is 2.29. The molecule has 3 aromatic heterocycles. The van der Waals surface area contributed by atoms with Gasteiger partial charge < -0.3 is 5.11 Å². The molecule has 0 unspecified atom stereocenters. The lowest BCUT2D eigenvalue weighted by molar-refractivity contribution is 0.0696. The van der Waals surface area contributed by atoms with Gasteiger partial charge in [-0.05, 0) is 47.0 Å². The van der Waals surface area contributed by atoms with Crippen LogP contribution in [0.2, 0.25) is 0 Å². The van der Waals surface area contributed by atoms with E-state index in [1.807, 2.05) is 43.3 Å². The molecular weight excluding hydrogens is 470 g/mol. The van der Waals surface area contributed by atoms with Crippen LogP contribution in [0.5, 0.6) is 0 Å². The third kappa shape index (κ3) is 4.56. The van der Waals surface area contributed by atoms with E-state index in [0.29, 0.717) is 29.2 Å². The second-order valence-corrected chi connectivity index (χ2v) is 8.72. The number of hydrogen-bond acceptors (Lipinski definition) is 6. The number of carboxylic acids is 1. The lowest BCUT2D eigenvalue weighted by Crippen LogP contribution is -2.26. The number of nitrogens with zero attached hydrogens (tertiary/aromatic N) is 6. The highest BCUT2D eigenvalue weighted by Gasteiger charge is 2.20. The van der Waals surface area contributed by atoms with Crippen molar-refractivity contribution in [3.8, 4) is 28.2 Å². The van der Waals surface area contributed by atoms with Crippen LogP contribution in [0.15, 0.2) is 71.8 Å². The Labute approximate surface area is 212 Å². The van der Waals surface area contributed by atoms with Crippen LogP contribution in [0.4, 0.5) is 0 Å². The number of benzene rings is 2. The molecule has 37 heavy (non-hydrogen) atoms. The fourth-order valence-electron chi connectivity index (χ4n) is 4.52. The van der Waals surface area contributed by atoms with Crippen molar-refractivity contribution >= 4 is 5.97 Å². The number of rotatable bonds is 8. The standard InChI is InChI=1S/C27H25N7O3/c1-3-7-20-16-34(24-17(2)8-6-11-23(24)26(35)36)27(37)33(20)15-19-13-12-18(14-28-19)21-9-4-5-10-22(21)25-29-31-32-30-25/h4-6,8-14,16H,3,7,15H2,1-2H3,(H,35,36)(H,29,30,31,32).